The average Bonchev–Trinajstić information content (AvgIpc) is 3.22. The number of imidazole rings is 1. The van der Waals surface area contributed by atoms with Crippen molar-refractivity contribution in [3.8, 4) is 0 Å². The number of rotatable bonds is 8. The van der Waals surface area contributed by atoms with Crippen molar-refractivity contribution in [2.75, 3.05) is 63.8 Å². The summed E-state index contributed by atoms with van der Waals surface area (Å²) >= 11 is 0. The second-order valence-electron chi connectivity index (χ2n) is 7.94. The fourth-order valence-electron chi connectivity index (χ4n) is 4.40. The number of aromatic nitrogens is 2. The fourth-order valence-corrected chi connectivity index (χ4v) is 4.40. The van der Waals surface area contributed by atoms with Crippen LogP contribution in [-0.4, -0.2) is 73.3 Å². The summed E-state index contributed by atoms with van der Waals surface area (Å²) in [5.74, 6) is 0.775. The molecule has 3 saturated heterocycles. The van der Waals surface area contributed by atoms with Crippen molar-refractivity contribution in [2.24, 2.45) is 10.2 Å². The van der Waals surface area contributed by atoms with Gasteiger partial charge in [-0.15, -0.1) is 0 Å². The molecule has 0 unspecified atom stereocenters. The second kappa shape index (κ2) is 8.41. The van der Waals surface area contributed by atoms with Gasteiger partial charge in [-0.25, -0.2) is 9.55 Å². The summed E-state index contributed by atoms with van der Waals surface area (Å²) in [5, 5.41) is 8.72. The Kier molecular flexibility index (Phi) is 5.73. The lowest BCUT2D eigenvalue weighted by molar-refractivity contribution is -0.939. The van der Waals surface area contributed by atoms with Crippen LogP contribution in [0.1, 0.15) is 13.8 Å². The van der Waals surface area contributed by atoms with Gasteiger partial charge in [-0.1, -0.05) is 5.11 Å². The third-order valence-electron chi connectivity index (χ3n) is 6.45. The van der Waals surface area contributed by atoms with E-state index in [0.29, 0.717) is 0 Å². The number of quaternary nitrogens is 1. The van der Waals surface area contributed by atoms with Gasteiger partial charge in [0.25, 0.3) is 0 Å². The zero-order valence-electron chi connectivity index (χ0n) is 17.2. The van der Waals surface area contributed by atoms with E-state index in [9.17, 15) is 0 Å². The normalized spacial score (nSPS) is 24.1. The lowest BCUT2D eigenvalue weighted by Gasteiger charge is -2.51. The molecule has 4 heterocycles. The molecule has 150 valence electrons. The smallest absolute Gasteiger partial charge is 0.366 e. The van der Waals surface area contributed by atoms with E-state index in [1.807, 2.05) is 17.0 Å². The van der Waals surface area contributed by atoms with Crippen LogP contribution in [0.3, 0.4) is 0 Å². The summed E-state index contributed by atoms with van der Waals surface area (Å²) in [5.41, 5.74) is 2.16. The van der Waals surface area contributed by atoms with Crippen LogP contribution in [0.4, 0.5) is 17.3 Å². The van der Waals surface area contributed by atoms with Gasteiger partial charge in [-0.3, -0.25) is 4.90 Å². The number of anilines is 1. The Labute approximate surface area is 167 Å². The highest BCUT2D eigenvalue weighted by Gasteiger charge is 2.38. The molecule has 3 aliphatic heterocycles. The molecule has 0 aliphatic carbocycles. The topological polar surface area (TPSA) is 50.9 Å². The van der Waals surface area contributed by atoms with Crippen LogP contribution in [-0.2, 0) is 6.54 Å². The van der Waals surface area contributed by atoms with Gasteiger partial charge in [-0.05, 0) is 38.1 Å². The summed E-state index contributed by atoms with van der Waals surface area (Å²) in [6.45, 7) is 16.5. The molecule has 0 spiro atoms. The van der Waals surface area contributed by atoms with Gasteiger partial charge in [0.05, 0.1) is 51.7 Å². The summed E-state index contributed by atoms with van der Waals surface area (Å²) in [4.78, 5) is 8.22. The molecule has 1 N–H and O–H groups in total. The summed E-state index contributed by atoms with van der Waals surface area (Å²) in [6.07, 6.45) is 3.86. The van der Waals surface area contributed by atoms with E-state index < -0.39 is 0 Å². The quantitative estimate of drug-likeness (QED) is 0.433. The van der Waals surface area contributed by atoms with Gasteiger partial charge in [0.15, 0.2) is 0 Å². The molecule has 0 amide bonds. The first kappa shape index (κ1) is 19.1. The number of fused-ring (bicyclic) bond motifs is 3. The molecular weight excluding hydrogens is 350 g/mol. The number of aromatic amines is 1. The van der Waals surface area contributed by atoms with Gasteiger partial charge in [0, 0.05) is 37.0 Å². The van der Waals surface area contributed by atoms with Crippen molar-refractivity contribution in [2.45, 2.75) is 20.4 Å². The molecule has 7 heteroatoms. The van der Waals surface area contributed by atoms with Crippen molar-refractivity contribution in [3.05, 3.63) is 36.7 Å². The number of aryl methyl sites for hydroxylation is 1. The number of azo groups is 1. The van der Waals surface area contributed by atoms with Crippen LogP contribution in [0.25, 0.3) is 0 Å². The second-order valence-corrected chi connectivity index (χ2v) is 7.94. The van der Waals surface area contributed by atoms with E-state index in [1.54, 1.807) is 0 Å². The van der Waals surface area contributed by atoms with Crippen LogP contribution in [0.5, 0.6) is 0 Å². The molecular formula is C21H33N7+2. The van der Waals surface area contributed by atoms with Crippen molar-refractivity contribution in [3.63, 3.8) is 0 Å². The first-order valence-electron chi connectivity index (χ1n) is 10.6. The number of hydrogen-bond acceptors (Lipinski definition) is 4. The Morgan fingerprint density at radius 2 is 1.79 bits per heavy atom. The molecule has 2 aromatic rings. The Hall–Kier alpha value is -2.25. The van der Waals surface area contributed by atoms with E-state index in [2.05, 4.69) is 63.1 Å². The van der Waals surface area contributed by atoms with Crippen molar-refractivity contribution in [1.29, 1.82) is 0 Å². The molecule has 0 saturated carbocycles. The number of nitrogens with zero attached hydrogens (tertiary/aromatic N) is 6. The summed E-state index contributed by atoms with van der Waals surface area (Å²) < 4.78 is 3.34. The lowest BCUT2D eigenvalue weighted by atomic mass is 10.1. The molecule has 0 atom stereocenters. The molecule has 2 bridgehead atoms. The number of benzene rings is 1. The Balaban J connectivity index is 1.37. The summed E-state index contributed by atoms with van der Waals surface area (Å²) in [7, 11) is 0. The van der Waals surface area contributed by atoms with Crippen LogP contribution >= 0.6 is 0 Å². The molecule has 1 aromatic heterocycles. The minimum Gasteiger partial charge on any atom is -0.366 e. The predicted octanol–water partition coefficient (Wildman–Crippen LogP) is 2.71. The van der Waals surface area contributed by atoms with Gasteiger partial charge < -0.3 is 9.38 Å². The van der Waals surface area contributed by atoms with Gasteiger partial charge >= 0.3 is 5.95 Å². The number of hydrogen-bond donors (Lipinski definition) is 1. The van der Waals surface area contributed by atoms with E-state index >= 15 is 0 Å². The maximum atomic E-state index is 4.38. The van der Waals surface area contributed by atoms with E-state index in [4.69, 9.17) is 0 Å². The van der Waals surface area contributed by atoms with Crippen LogP contribution < -0.4 is 9.47 Å². The Morgan fingerprint density at radius 3 is 2.43 bits per heavy atom. The maximum Gasteiger partial charge on any atom is 0.419 e. The number of likely N-dealkylation sites (N-methyl/N-ethyl adjacent to an activating group) is 1. The molecule has 5 rings (SSSR count). The van der Waals surface area contributed by atoms with Crippen LogP contribution in [0.15, 0.2) is 46.9 Å². The number of H-pyrrole nitrogens is 1. The van der Waals surface area contributed by atoms with Crippen molar-refractivity contribution >= 4 is 17.3 Å². The third kappa shape index (κ3) is 4.10. The third-order valence-corrected chi connectivity index (χ3v) is 6.45. The molecule has 1 aromatic carbocycles. The zero-order chi connectivity index (χ0) is 19.4. The van der Waals surface area contributed by atoms with Gasteiger partial charge in [-0.2, -0.15) is 0 Å². The van der Waals surface area contributed by atoms with Crippen molar-refractivity contribution in [1.82, 2.24) is 9.88 Å². The molecule has 28 heavy (non-hydrogen) atoms. The zero-order valence-corrected chi connectivity index (χ0v) is 17.2. The van der Waals surface area contributed by atoms with Crippen LogP contribution in [0, 0.1) is 0 Å². The number of piperazine rings is 3. The fraction of sp³-hybridized carbons (Fsp3) is 0.571. The Morgan fingerprint density at radius 1 is 1.07 bits per heavy atom. The highest BCUT2D eigenvalue weighted by atomic mass is 15.5. The largest absolute Gasteiger partial charge is 0.419 e. The molecule has 0 radical (unpaired) electrons. The average molecular weight is 384 g/mol. The van der Waals surface area contributed by atoms with E-state index in [1.165, 1.54) is 56.0 Å². The monoisotopic (exact) mass is 383 g/mol. The van der Waals surface area contributed by atoms with Crippen LogP contribution in [0.2, 0.25) is 0 Å². The highest BCUT2D eigenvalue weighted by molar-refractivity contribution is 5.52. The van der Waals surface area contributed by atoms with Gasteiger partial charge in [0.1, 0.15) is 5.69 Å². The minimum absolute atomic E-state index is 0.775. The Bertz CT molecular complexity index is 774. The maximum absolute atomic E-state index is 4.38. The minimum atomic E-state index is 0.775. The first-order valence-corrected chi connectivity index (χ1v) is 10.6. The van der Waals surface area contributed by atoms with E-state index in [-0.39, 0.29) is 0 Å². The van der Waals surface area contributed by atoms with E-state index in [0.717, 1.165) is 31.3 Å². The molecule has 7 nitrogen and oxygen atoms in total. The SMILES string of the molecule is CCN(CC[N+]12CCN(CC1)CC2)c1ccc(N=Nc2[nH]cc[n+]2CC)cc1. The highest BCUT2D eigenvalue weighted by Crippen LogP contribution is 2.23. The first-order chi connectivity index (χ1) is 13.7. The van der Waals surface area contributed by atoms with Crippen molar-refractivity contribution < 1.29 is 9.05 Å². The number of nitrogens with one attached hydrogen (secondary N) is 1. The lowest BCUT2D eigenvalue weighted by Crippen LogP contribution is -2.68. The molecule has 3 fully saturated rings. The summed E-state index contributed by atoms with van der Waals surface area (Å²) in [6, 6.07) is 8.48. The molecule has 3 aliphatic rings. The predicted molar refractivity (Wildman–Crippen MR) is 111 cm³/mol. The standard InChI is InChI=1S/C21H32N7/c1-3-26(14-18-28-15-11-25(12-16-28)13-17-28)20-7-5-19(6-8-20)23-24-21-22-9-10-27(21)4-2/h5-10H,3-4,11-18H2,1-2H3/q+1/p+1. The van der Waals surface area contributed by atoms with Gasteiger partial charge in [0.2, 0.25) is 0 Å².